The second-order valence-electron chi connectivity index (χ2n) is 7.15. The van der Waals surface area contributed by atoms with Crippen LogP contribution in [0.5, 0.6) is 0 Å². The first-order valence-electron chi connectivity index (χ1n) is 9.77. The SMILES string of the molecule is Cc1cc(CN2CCSCC2)ccc1NC(=O)c1cnc(-c2ccccc2)nc1. The number of amides is 1. The smallest absolute Gasteiger partial charge is 0.258 e. The van der Waals surface area contributed by atoms with E-state index >= 15 is 0 Å². The molecule has 5 nitrogen and oxygen atoms in total. The minimum absolute atomic E-state index is 0.200. The molecule has 6 heteroatoms. The minimum atomic E-state index is -0.200. The number of aromatic nitrogens is 2. The highest BCUT2D eigenvalue weighted by atomic mass is 32.2. The molecular weight excluding hydrogens is 380 g/mol. The first kappa shape index (κ1) is 19.6. The third-order valence-corrected chi connectivity index (χ3v) is 5.94. The molecule has 2 heterocycles. The van der Waals surface area contributed by atoms with Gasteiger partial charge in [-0.25, -0.2) is 9.97 Å². The van der Waals surface area contributed by atoms with Gasteiger partial charge >= 0.3 is 0 Å². The standard InChI is InChI=1S/C23H24N4OS/c1-17-13-18(16-27-9-11-29-12-10-27)7-8-21(17)26-23(28)20-14-24-22(25-15-20)19-5-3-2-4-6-19/h2-8,13-15H,9-12,16H2,1H3,(H,26,28). The van der Waals surface area contributed by atoms with Crippen LogP contribution in [0.3, 0.4) is 0 Å². The van der Waals surface area contributed by atoms with Crippen molar-refractivity contribution in [1.82, 2.24) is 14.9 Å². The molecule has 1 aromatic heterocycles. The quantitative estimate of drug-likeness (QED) is 0.689. The van der Waals surface area contributed by atoms with Gasteiger partial charge in [0, 0.05) is 54.8 Å². The molecular formula is C23H24N4OS. The van der Waals surface area contributed by atoms with Crippen molar-refractivity contribution in [3.05, 3.63) is 77.6 Å². The monoisotopic (exact) mass is 404 g/mol. The third-order valence-electron chi connectivity index (χ3n) is 4.99. The maximum Gasteiger partial charge on any atom is 0.258 e. The van der Waals surface area contributed by atoms with Gasteiger partial charge in [0.2, 0.25) is 0 Å². The van der Waals surface area contributed by atoms with E-state index in [1.807, 2.05) is 55.1 Å². The van der Waals surface area contributed by atoms with Crippen molar-refractivity contribution >= 4 is 23.4 Å². The number of benzene rings is 2. The van der Waals surface area contributed by atoms with Crippen LogP contribution in [0.25, 0.3) is 11.4 Å². The van der Waals surface area contributed by atoms with E-state index in [4.69, 9.17) is 0 Å². The summed E-state index contributed by atoms with van der Waals surface area (Å²) < 4.78 is 0. The summed E-state index contributed by atoms with van der Waals surface area (Å²) in [4.78, 5) is 23.8. The molecule has 0 spiro atoms. The van der Waals surface area contributed by atoms with E-state index in [0.29, 0.717) is 11.4 Å². The van der Waals surface area contributed by atoms with E-state index in [2.05, 4.69) is 32.3 Å². The van der Waals surface area contributed by atoms with Crippen LogP contribution in [-0.2, 0) is 6.54 Å². The first-order chi connectivity index (χ1) is 14.2. The second kappa shape index (κ2) is 9.20. The van der Waals surface area contributed by atoms with Crippen molar-refractivity contribution in [2.45, 2.75) is 13.5 Å². The first-order valence-corrected chi connectivity index (χ1v) is 10.9. The number of carbonyl (C=O) groups is 1. The largest absolute Gasteiger partial charge is 0.322 e. The van der Waals surface area contributed by atoms with Gasteiger partial charge in [0.25, 0.3) is 5.91 Å². The van der Waals surface area contributed by atoms with E-state index in [9.17, 15) is 4.79 Å². The predicted molar refractivity (Wildman–Crippen MR) is 119 cm³/mol. The zero-order chi connectivity index (χ0) is 20.1. The average molecular weight is 405 g/mol. The number of hydrogen-bond donors (Lipinski definition) is 1. The summed E-state index contributed by atoms with van der Waals surface area (Å²) in [6.07, 6.45) is 3.14. The molecule has 0 radical (unpaired) electrons. The molecule has 1 aliphatic rings. The summed E-state index contributed by atoms with van der Waals surface area (Å²) in [6.45, 7) is 5.27. The molecule has 1 fully saturated rings. The fraction of sp³-hybridized carbons (Fsp3) is 0.261. The Morgan fingerprint density at radius 3 is 2.48 bits per heavy atom. The number of anilines is 1. The highest BCUT2D eigenvalue weighted by Gasteiger charge is 2.13. The molecule has 1 saturated heterocycles. The average Bonchev–Trinajstić information content (AvgIpc) is 2.77. The second-order valence-corrected chi connectivity index (χ2v) is 8.38. The Bertz CT molecular complexity index is 970. The van der Waals surface area contributed by atoms with Crippen LogP contribution in [-0.4, -0.2) is 45.4 Å². The van der Waals surface area contributed by atoms with Crippen LogP contribution < -0.4 is 5.32 Å². The number of aryl methyl sites for hydroxylation is 1. The van der Waals surface area contributed by atoms with Crippen molar-refractivity contribution in [3.63, 3.8) is 0 Å². The fourth-order valence-electron chi connectivity index (χ4n) is 3.36. The van der Waals surface area contributed by atoms with Crippen LogP contribution in [0.2, 0.25) is 0 Å². The summed E-state index contributed by atoms with van der Waals surface area (Å²) >= 11 is 2.02. The molecule has 1 N–H and O–H groups in total. The van der Waals surface area contributed by atoms with Crippen LogP contribution in [0.15, 0.2) is 60.9 Å². The molecule has 148 valence electrons. The van der Waals surface area contributed by atoms with E-state index in [1.165, 1.54) is 17.1 Å². The highest BCUT2D eigenvalue weighted by molar-refractivity contribution is 7.99. The van der Waals surface area contributed by atoms with E-state index in [0.717, 1.165) is 36.4 Å². The van der Waals surface area contributed by atoms with E-state index < -0.39 is 0 Å². The Morgan fingerprint density at radius 2 is 1.79 bits per heavy atom. The summed E-state index contributed by atoms with van der Waals surface area (Å²) in [5, 5.41) is 2.98. The van der Waals surface area contributed by atoms with Gasteiger partial charge in [0.15, 0.2) is 5.82 Å². The van der Waals surface area contributed by atoms with E-state index in [-0.39, 0.29) is 5.91 Å². The number of nitrogens with one attached hydrogen (secondary N) is 1. The summed E-state index contributed by atoms with van der Waals surface area (Å²) in [5.74, 6) is 2.82. The number of thioether (sulfide) groups is 1. The van der Waals surface area contributed by atoms with Gasteiger partial charge in [-0.05, 0) is 24.1 Å². The van der Waals surface area contributed by atoms with Gasteiger partial charge in [-0.15, -0.1) is 0 Å². The molecule has 2 aromatic carbocycles. The maximum absolute atomic E-state index is 12.6. The van der Waals surface area contributed by atoms with Gasteiger partial charge in [0.1, 0.15) is 0 Å². The zero-order valence-corrected chi connectivity index (χ0v) is 17.3. The lowest BCUT2D eigenvalue weighted by Crippen LogP contribution is -2.31. The summed E-state index contributed by atoms with van der Waals surface area (Å²) in [5.41, 5.74) is 4.53. The van der Waals surface area contributed by atoms with Crippen LogP contribution in [0, 0.1) is 6.92 Å². The fourth-order valence-corrected chi connectivity index (χ4v) is 4.34. The van der Waals surface area contributed by atoms with Crippen LogP contribution in [0.1, 0.15) is 21.5 Å². The maximum atomic E-state index is 12.6. The molecule has 0 bridgehead atoms. The number of rotatable bonds is 5. The lowest BCUT2D eigenvalue weighted by molar-refractivity contribution is 0.102. The Kier molecular flexibility index (Phi) is 6.22. The zero-order valence-electron chi connectivity index (χ0n) is 16.5. The Labute approximate surface area is 175 Å². The number of carbonyl (C=O) groups excluding carboxylic acids is 1. The van der Waals surface area contributed by atoms with Gasteiger partial charge in [-0.2, -0.15) is 11.8 Å². The number of nitrogens with zero attached hydrogens (tertiary/aromatic N) is 3. The number of hydrogen-bond acceptors (Lipinski definition) is 5. The van der Waals surface area contributed by atoms with E-state index in [1.54, 1.807) is 12.4 Å². The molecule has 1 amide bonds. The van der Waals surface area contributed by atoms with Crippen molar-refractivity contribution in [2.24, 2.45) is 0 Å². The molecule has 0 aliphatic carbocycles. The van der Waals surface area contributed by atoms with Crippen LogP contribution in [0.4, 0.5) is 5.69 Å². The highest BCUT2D eigenvalue weighted by Crippen LogP contribution is 2.20. The lowest BCUT2D eigenvalue weighted by atomic mass is 10.1. The molecule has 29 heavy (non-hydrogen) atoms. The third kappa shape index (κ3) is 5.02. The normalized spacial score (nSPS) is 14.5. The van der Waals surface area contributed by atoms with Crippen molar-refractivity contribution in [1.29, 1.82) is 0 Å². The molecule has 1 aliphatic heterocycles. The molecule has 0 unspecified atom stereocenters. The van der Waals surface area contributed by atoms with Crippen molar-refractivity contribution in [2.75, 3.05) is 29.9 Å². The van der Waals surface area contributed by atoms with Crippen molar-refractivity contribution in [3.8, 4) is 11.4 Å². The van der Waals surface area contributed by atoms with Crippen molar-refractivity contribution < 1.29 is 4.79 Å². The van der Waals surface area contributed by atoms with Gasteiger partial charge < -0.3 is 5.32 Å². The Balaban J connectivity index is 1.41. The summed E-state index contributed by atoms with van der Waals surface area (Å²) in [7, 11) is 0. The Hall–Kier alpha value is -2.70. The lowest BCUT2D eigenvalue weighted by Gasteiger charge is -2.26. The van der Waals surface area contributed by atoms with Gasteiger partial charge in [-0.1, -0.05) is 42.5 Å². The van der Waals surface area contributed by atoms with Crippen LogP contribution >= 0.6 is 11.8 Å². The topological polar surface area (TPSA) is 58.1 Å². The molecule has 3 aromatic rings. The molecule has 0 saturated carbocycles. The molecule has 4 rings (SSSR count). The summed E-state index contributed by atoms with van der Waals surface area (Å²) in [6, 6.07) is 16.0. The van der Waals surface area contributed by atoms with Gasteiger partial charge in [0.05, 0.1) is 5.56 Å². The Morgan fingerprint density at radius 1 is 1.07 bits per heavy atom. The van der Waals surface area contributed by atoms with Gasteiger partial charge in [-0.3, -0.25) is 9.69 Å². The molecule has 0 atom stereocenters. The minimum Gasteiger partial charge on any atom is -0.322 e. The predicted octanol–water partition coefficient (Wildman–Crippen LogP) is 4.25.